The highest BCUT2D eigenvalue weighted by atomic mass is 79.9. The molecule has 2 heterocycles. The number of aromatic nitrogens is 2. The van der Waals surface area contributed by atoms with Crippen LogP contribution in [0.1, 0.15) is 0 Å². The lowest BCUT2D eigenvalue weighted by Crippen LogP contribution is -2.30. The summed E-state index contributed by atoms with van der Waals surface area (Å²) in [7, 11) is 3.25. The number of hydrogen-bond donors (Lipinski definition) is 1. The molecule has 4 rings (SSSR count). The maximum atomic E-state index is 9.60. The largest absolute Gasteiger partial charge is 0.497 e. The van der Waals surface area contributed by atoms with E-state index in [9.17, 15) is 5.21 Å². The van der Waals surface area contributed by atoms with Crippen molar-refractivity contribution in [2.75, 3.05) is 14.2 Å². The first-order valence-corrected chi connectivity index (χ1v) is 9.56. The molecule has 0 unspecified atom stereocenters. The summed E-state index contributed by atoms with van der Waals surface area (Å²) >= 11 is 6.68. The molecule has 4 aromatic rings. The van der Waals surface area contributed by atoms with Gasteiger partial charge in [0.15, 0.2) is 0 Å². The van der Waals surface area contributed by atoms with Crippen LogP contribution < -0.4 is 14.2 Å². The molecule has 0 bridgehead atoms. The van der Waals surface area contributed by atoms with Gasteiger partial charge in [-0.15, -0.1) is 0 Å². The lowest BCUT2D eigenvalue weighted by molar-refractivity contribution is -0.885. The van der Waals surface area contributed by atoms with Crippen molar-refractivity contribution in [1.82, 2.24) is 4.98 Å². The van der Waals surface area contributed by atoms with Crippen LogP contribution in [0.4, 0.5) is 0 Å². The number of methoxy groups -OCH3 is 2. The van der Waals surface area contributed by atoms with E-state index < -0.39 is 0 Å². The van der Waals surface area contributed by atoms with E-state index in [1.54, 1.807) is 32.7 Å². The van der Waals surface area contributed by atoms with Gasteiger partial charge in [0.25, 0.3) is 5.52 Å². The van der Waals surface area contributed by atoms with Gasteiger partial charge in [0.05, 0.1) is 35.7 Å². The van der Waals surface area contributed by atoms with E-state index in [-0.39, 0.29) is 0 Å². The molecule has 0 atom stereocenters. The Labute approximate surface area is 173 Å². The summed E-state index contributed by atoms with van der Waals surface area (Å²) in [5, 5.41) is 11.7. The van der Waals surface area contributed by atoms with Crippen molar-refractivity contribution >= 4 is 53.7 Å². The van der Waals surface area contributed by atoms with Crippen molar-refractivity contribution in [3.8, 4) is 11.5 Å². The molecule has 0 fully saturated rings. The lowest BCUT2D eigenvalue weighted by Gasteiger charge is -2.01. The first-order valence-electron chi connectivity index (χ1n) is 7.97. The average molecular weight is 493 g/mol. The third kappa shape index (κ3) is 4.67. The molecule has 0 aliphatic rings. The third-order valence-corrected chi connectivity index (χ3v) is 4.75. The Kier molecular flexibility index (Phi) is 6.13. The van der Waals surface area contributed by atoms with E-state index in [1.807, 2.05) is 42.5 Å². The fourth-order valence-electron chi connectivity index (χ4n) is 2.54. The van der Waals surface area contributed by atoms with Gasteiger partial charge < -0.3 is 9.47 Å². The van der Waals surface area contributed by atoms with E-state index in [0.29, 0.717) is 5.52 Å². The normalized spacial score (nSPS) is 10.4. The minimum atomic E-state index is 0.715. The standard InChI is InChI=1S/C10H9BrNO2.C10H8BrNO/c1-14-9-3-2-7-4-8(11)6-12(13)10(7)5-9;1-13-9-3-2-7-4-8(11)6-12-10(7)5-9/h2-6,13H,1H3;2-6H,1H3/q+1;. The Morgan fingerprint density at radius 1 is 0.852 bits per heavy atom. The molecule has 5 nitrogen and oxygen atoms in total. The van der Waals surface area contributed by atoms with Crippen molar-refractivity contribution < 1.29 is 19.4 Å². The van der Waals surface area contributed by atoms with Gasteiger partial charge in [-0.2, -0.15) is 0 Å². The van der Waals surface area contributed by atoms with E-state index >= 15 is 0 Å². The van der Waals surface area contributed by atoms with Gasteiger partial charge in [0, 0.05) is 26.9 Å². The maximum absolute atomic E-state index is 9.60. The van der Waals surface area contributed by atoms with Gasteiger partial charge in [-0.1, -0.05) is 0 Å². The Morgan fingerprint density at radius 3 is 2.19 bits per heavy atom. The number of ether oxygens (including phenoxy) is 2. The van der Waals surface area contributed by atoms with Gasteiger partial charge in [0.2, 0.25) is 6.20 Å². The van der Waals surface area contributed by atoms with Gasteiger partial charge >= 0.3 is 0 Å². The first kappa shape index (κ1) is 19.4. The summed E-state index contributed by atoms with van der Waals surface area (Å²) in [5.41, 5.74) is 1.66. The Hall–Kier alpha value is -2.38. The third-order valence-electron chi connectivity index (χ3n) is 3.88. The molecule has 1 N–H and O–H groups in total. The minimum absolute atomic E-state index is 0.715. The van der Waals surface area contributed by atoms with E-state index in [1.165, 1.54) is 0 Å². The summed E-state index contributed by atoms with van der Waals surface area (Å²) < 4.78 is 13.1. The van der Waals surface area contributed by atoms with E-state index in [0.717, 1.165) is 41.5 Å². The highest BCUT2D eigenvalue weighted by Crippen LogP contribution is 2.22. The molecule has 0 aliphatic heterocycles. The first-order chi connectivity index (χ1) is 13.0. The van der Waals surface area contributed by atoms with Crippen LogP contribution in [-0.2, 0) is 0 Å². The molecule has 0 saturated carbocycles. The fourth-order valence-corrected chi connectivity index (χ4v) is 3.33. The van der Waals surface area contributed by atoms with Crippen LogP contribution in [0.2, 0.25) is 0 Å². The molecular weight excluding hydrogens is 476 g/mol. The molecule has 0 spiro atoms. The average Bonchev–Trinajstić information content (AvgIpc) is 2.67. The molecular formula is C20H17Br2N2O3+. The van der Waals surface area contributed by atoms with Crippen molar-refractivity contribution in [3.63, 3.8) is 0 Å². The summed E-state index contributed by atoms with van der Waals surface area (Å²) in [6, 6.07) is 15.3. The molecule has 2 aromatic heterocycles. The molecule has 27 heavy (non-hydrogen) atoms. The summed E-state index contributed by atoms with van der Waals surface area (Å²) in [4.78, 5) is 4.26. The van der Waals surface area contributed by atoms with Gasteiger partial charge in [-0.3, -0.25) is 10.2 Å². The number of rotatable bonds is 2. The second-order valence-corrected chi connectivity index (χ2v) is 7.47. The minimum Gasteiger partial charge on any atom is -0.497 e. The second kappa shape index (κ2) is 8.54. The topological polar surface area (TPSA) is 55.5 Å². The maximum Gasteiger partial charge on any atom is 0.268 e. The quantitative estimate of drug-likeness (QED) is 0.311. The predicted octanol–water partition coefficient (Wildman–Crippen LogP) is 5.14. The van der Waals surface area contributed by atoms with E-state index in [4.69, 9.17) is 9.47 Å². The highest BCUT2D eigenvalue weighted by Gasteiger charge is 2.10. The zero-order valence-electron chi connectivity index (χ0n) is 14.7. The number of pyridine rings is 2. The molecule has 7 heteroatoms. The summed E-state index contributed by atoms with van der Waals surface area (Å²) in [5.74, 6) is 1.56. The monoisotopic (exact) mass is 491 g/mol. The summed E-state index contributed by atoms with van der Waals surface area (Å²) in [6.45, 7) is 0. The Bertz CT molecular complexity index is 1100. The van der Waals surface area contributed by atoms with Gasteiger partial charge in [-0.05, 0) is 68.3 Å². The molecule has 0 radical (unpaired) electrons. The van der Waals surface area contributed by atoms with Crippen LogP contribution in [-0.4, -0.2) is 24.4 Å². The smallest absolute Gasteiger partial charge is 0.268 e. The zero-order valence-corrected chi connectivity index (χ0v) is 17.9. The number of benzene rings is 2. The lowest BCUT2D eigenvalue weighted by atomic mass is 10.2. The number of fused-ring (bicyclic) bond motifs is 2. The van der Waals surface area contributed by atoms with Gasteiger partial charge in [0.1, 0.15) is 11.5 Å². The van der Waals surface area contributed by atoms with Crippen molar-refractivity contribution in [2.45, 2.75) is 0 Å². The number of halogens is 2. The molecule has 2 aromatic carbocycles. The number of hydrogen-bond acceptors (Lipinski definition) is 4. The Morgan fingerprint density at radius 2 is 1.48 bits per heavy atom. The second-order valence-electron chi connectivity index (χ2n) is 5.64. The van der Waals surface area contributed by atoms with Crippen molar-refractivity contribution in [2.24, 2.45) is 0 Å². The van der Waals surface area contributed by atoms with Crippen LogP contribution >= 0.6 is 31.9 Å². The SMILES string of the molecule is COc1ccc2cc(Br)c[n+](O)c2c1.COc1ccc2cc(Br)cnc2c1. The highest BCUT2D eigenvalue weighted by molar-refractivity contribution is 9.10. The van der Waals surface area contributed by atoms with Crippen LogP contribution in [0.25, 0.3) is 21.8 Å². The molecule has 138 valence electrons. The molecule has 0 aliphatic carbocycles. The fraction of sp³-hybridized carbons (Fsp3) is 0.100. The number of nitrogens with zero attached hydrogens (tertiary/aromatic N) is 2. The van der Waals surface area contributed by atoms with E-state index in [2.05, 4.69) is 36.8 Å². The van der Waals surface area contributed by atoms with Crippen LogP contribution in [0.5, 0.6) is 11.5 Å². The zero-order chi connectivity index (χ0) is 19.4. The Balaban J connectivity index is 0.000000156. The van der Waals surface area contributed by atoms with Crippen molar-refractivity contribution in [1.29, 1.82) is 0 Å². The van der Waals surface area contributed by atoms with Crippen LogP contribution in [0, 0.1) is 0 Å². The van der Waals surface area contributed by atoms with Crippen molar-refractivity contribution in [3.05, 3.63) is 69.9 Å². The predicted molar refractivity (Wildman–Crippen MR) is 112 cm³/mol. The molecule has 0 saturated heterocycles. The summed E-state index contributed by atoms with van der Waals surface area (Å²) in [6.07, 6.45) is 3.36. The molecule has 0 amide bonds. The van der Waals surface area contributed by atoms with Crippen LogP contribution in [0.15, 0.2) is 69.9 Å². The van der Waals surface area contributed by atoms with Gasteiger partial charge in [-0.25, -0.2) is 0 Å². The van der Waals surface area contributed by atoms with Crippen LogP contribution in [0.3, 0.4) is 0 Å².